The van der Waals surface area contributed by atoms with Crippen LogP contribution in [0.15, 0.2) is 41.3 Å². The molecule has 108 valence electrons. The molecule has 1 aliphatic rings. The van der Waals surface area contributed by atoms with E-state index in [-0.39, 0.29) is 5.56 Å². The molecule has 2 heterocycles. The summed E-state index contributed by atoms with van der Waals surface area (Å²) in [6, 6.07) is 5.07. The number of nitrogens with zero attached hydrogens (tertiary/aromatic N) is 1. The lowest BCUT2D eigenvalue weighted by Crippen LogP contribution is -2.31. The van der Waals surface area contributed by atoms with Crippen LogP contribution >= 0.6 is 43.6 Å². The first-order valence-electron chi connectivity index (χ1n) is 5.96. The fourth-order valence-corrected chi connectivity index (χ4v) is 3.95. The number of nitrogens with one attached hydrogen (secondary N) is 1. The van der Waals surface area contributed by atoms with E-state index in [1.165, 1.54) is 17.8 Å². The van der Waals surface area contributed by atoms with Crippen molar-refractivity contribution in [2.45, 2.75) is 0 Å². The predicted octanol–water partition coefficient (Wildman–Crippen LogP) is 3.15. The quantitative estimate of drug-likeness (QED) is 0.704. The number of rotatable bonds is 1. The Kier molecular flexibility index (Phi) is 4.19. The maximum Gasteiger partial charge on any atom is 0.349 e. The average Bonchev–Trinajstić information content (AvgIpc) is 2.91. The van der Waals surface area contributed by atoms with Crippen LogP contribution in [-0.4, -0.2) is 23.4 Å². The van der Waals surface area contributed by atoms with Crippen LogP contribution in [0.2, 0.25) is 0 Å². The van der Waals surface area contributed by atoms with Crippen molar-refractivity contribution in [1.29, 1.82) is 0 Å². The van der Waals surface area contributed by atoms with E-state index in [4.69, 9.17) is 4.42 Å². The number of halogens is 2. The number of carbonyl (C=O) groups excluding carboxylic acids is 1. The van der Waals surface area contributed by atoms with E-state index in [1.54, 1.807) is 12.1 Å². The molecule has 1 aromatic carbocycles. The predicted molar refractivity (Wildman–Crippen MR) is 90.1 cm³/mol. The summed E-state index contributed by atoms with van der Waals surface area (Å²) in [5.41, 5.74) is -0.304. The van der Waals surface area contributed by atoms with E-state index < -0.39 is 11.5 Å². The molecule has 0 aliphatic carbocycles. The third kappa shape index (κ3) is 3.07. The van der Waals surface area contributed by atoms with E-state index in [0.717, 1.165) is 10.2 Å². The van der Waals surface area contributed by atoms with E-state index in [1.807, 2.05) is 0 Å². The fourth-order valence-electron chi connectivity index (χ4n) is 1.89. The van der Waals surface area contributed by atoms with Gasteiger partial charge >= 0.3 is 5.63 Å². The Hall–Kier alpha value is -1.12. The Bertz CT molecular complexity index is 832. The summed E-state index contributed by atoms with van der Waals surface area (Å²) in [5.74, 6) is 0.330. The van der Waals surface area contributed by atoms with E-state index in [2.05, 4.69) is 42.2 Å². The highest BCUT2D eigenvalue weighted by molar-refractivity contribution is 9.11. The van der Waals surface area contributed by atoms with Crippen LogP contribution in [0.3, 0.4) is 0 Å². The lowest BCUT2D eigenvalue weighted by atomic mass is 10.2. The molecule has 0 unspecified atom stereocenters. The molecular formula is C13H8Br2N2O3S. The zero-order valence-corrected chi connectivity index (χ0v) is 14.5. The van der Waals surface area contributed by atoms with Crippen molar-refractivity contribution in [1.82, 2.24) is 5.32 Å². The van der Waals surface area contributed by atoms with Crippen molar-refractivity contribution in [3.63, 3.8) is 0 Å². The van der Waals surface area contributed by atoms with Gasteiger partial charge in [-0.1, -0.05) is 27.7 Å². The van der Waals surface area contributed by atoms with Crippen LogP contribution in [-0.2, 0) is 0 Å². The van der Waals surface area contributed by atoms with Gasteiger partial charge in [0.05, 0.1) is 11.0 Å². The Balaban J connectivity index is 2.04. The SMILES string of the molecule is O=C(NC1=NCCS1)c1cc2cc(Br)cc(Br)c2oc1=O. The zero-order valence-electron chi connectivity index (χ0n) is 10.5. The first-order chi connectivity index (χ1) is 10.0. The molecule has 0 saturated carbocycles. The Labute approximate surface area is 140 Å². The molecule has 1 N–H and O–H groups in total. The largest absolute Gasteiger partial charge is 0.421 e. The van der Waals surface area contributed by atoms with Gasteiger partial charge in [0.15, 0.2) is 10.8 Å². The first kappa shape index (κ1) is 14.8. The lowest BCUT2D eigenvalue weighted by Gasteiger charge is -2.05. The molecule has 0 saturated heterocycles. The third-order valence-corrected chi connectivity index (χ3v) is 4.74. The van der Waals surface area contributed by atoms with Gasteiger partial charge in [0, 0.05) is 15.6 Å². The standard InChI is InChI=1S/C13H8Br2N2O3S/c14-7-3-6-4-8(11(18)17-13-16-1-2-21-13)12(19)20-10(6)9(15)5-7/h3-5H,1-2H2,(H,16,17,18). The van der Waals surface area contributed by atoms with Crippen LogP contribution < -0.4 is 10.9 Å². The van der Waals surface area contributed by atoms with Crippen LogP contribution in [0.5, 0.6) is 0 Å². The molecule has 0 fully saturated rings. The highest BCUT2D eigenvalue weighted by Gasteiger charge is 2.18. The zero-order chi connectivity index (χ0) is 15.0. The third-order valence-electron chi connectivity index (χ3n) is 2.80. The van der Waals surface area contributed by atoms with Gasteiger partial charge in [-0.25, -0.2) is 4.79 Å². The summed E-state index contributed by atoms with van der Waals surface area (Å²) in [6.07, 6.45) is 0. The summed E-state index contributed by atoms with van der Waals surface area (Å²) in [5, 5.41) is 3.81. The second-order valence-corrected chi connectivity index (χ2v) is 7.10. The van der Waals surface area contributed by atoms with Gasteiger partial charge in [0.2, 0.25) is 0 Å². The number of aliphatic imine (C=N–C) groups is 1. The summed E-state index contributed by atoms with van der Waals surface area (Å²) in [4.78, 5) is 28.2. The summed E-state index contributed by atoms with van der Waals surface area (Å²) >= 11 is 8.14. The molecule has 1 aliphatic heterocycles. The van der Waals surface area contributed by atoms with E-state index in [9.17, 15) is 9.59 Å². The van der Waals surface area contributed by atoms with E-state index >= 15 is 0 Å². The highest BCUT2D eigenvalue weighted by Crippen LogP contribution is 2.28. The minimum absolute atomic E-state index is 0.0392. The molecule has 0 spiro atoms. The minimum Gasteiger partial charge on any atom is -0.421 e. The van der Waals surface area contributed by atoms with Crippen LogP contribution in [0, 0.1) is 0 Å². The normalized spacial score (nSPS) is 14.3. The number of thioether (sulfide) groups is 1. The van der Waals surface area contributed by atoms with Gasteiger partial charge in [-0.2, -0.15) is 0 Å². The Morgan fingerprint density at radius 3 is 2.86 bits per heavy atom. The topological polar surface area (TPSA) is 71.7 Å². The number of carbonyl (C=O) groups is 1. The smallest absolute Gasteiger partial charge is 0.349 e. The number of benzene rings is 1. The summed E-state index contributed by atoms with van der Waals surface area (Å²) < 4.78 is 6.70. The van der Waals surface area contributed by atoms with Gasteiger partial charge in [0.25, 0.3) is 5.91 Å². The van der Waals surface area contributed by atoms with Gasteiger partial charge in [-0.05, 0) is 34.1 Å². The minimum atomic E-state index is -0.674. The van der Waals surface area contributed by atoms with Crippen LogP contribution in [0.1, 0.15) is 10.4 Å². The number of fused-ring (bicyclic) bond motifs is 1. The number of amidine groups is 1. The van der Waals surface area contributed by atoms with Crippen molar-refractivity contribution in [2.75, 3.05) is 12.3 Å². The molecule has 8 heteroatoms. The Morgan fingerprint density at radius 2 is 2.14 bits per heavy atom. The molecule has 1 aromatic heterocycles. The second-order valence-electron chi connectivity index (χ2n) is 4.24. The highest BCUT2D eigenvalue weighted by atomic mass is 79.9. The second kappa shape index (κ2) is 5.94. The first-order valence-corrected chi connectivity index (χ1v) is 8.53. The molecule has 0 atom stereocenters. The van der Waals surface area contributed by atoms with Crippen molar-refractivity contribution in [3.05, 3.63) is 43.1 Å². The Morgan fingerprint density at radius 1 is 1.33 bits per heavy atom. The van der Waals surface area contributed by atoms with E-state index in [0.29, 0.717) is 27.2 Å². The van der Waals surface area contributed by atoms with Crippen molar-refractivity contribution >= 4 is 65.7 Å². The summed E-state index contributed by atoms with van der Waals surface area (Å²) in [6.45, 7) is 0.673. The maximum absolute atomic E-state index is 12.1. The number of hydrogen-bond acceptors (Lipinski definition) is 5. The van der Waals surface area contributed by atoms with Crippen molar-refractivity contribution in [2.24, 2.45) is 4.99 Å². The molecule has 5 nitrogen and oxygen atoms in total. The average molecular weight is 432 g/mol. The molecule has 3 rings (SSSR count). The number of amides is 1. The van der Waals surface area contributed by atoms with Crippen molar-refractivity contribution in [3.8, 4) is 0 Å². The van der Waals surface area contributed by atoms with Crippen LogP contribution in [0.25, 0.3) is 11.0 Å². The molecule has 21 heavy (non-hydrogen) atoms. The molecule has 0 radical (unpaired) electrons. The van der Waals surface area contributed by atoms with Crippen LogP contribution in [0.4, 0.5) is 0 Å². The van der Waals surface area contributed by atoms with Gasteiger partial charge in [0.1, 0.15) is 5.56 Å². The monoisotopic (exact) mass is 430 g/mol. The lowest BCUT2D eigenvalue weighted by molar-refractivity contribution is 0.0974. The maximum atomic E-state index is 12.1. The van der Waals surface area contributed by atoms with Gasteiger partial charge in [-0.15, -0.1) is 0 Å². The molecular weight excluding hydrogens is 424 g/mol. The fraction of sp³-hybridized carbons (Fsp3) is 0.154. The summed E-state index contributed by atoms with van der Waals surface area (Å²) in [7, 11) is 0. The number of hydrogen-bond donors (Lipinski definition) is 1. The molecule has 2 aromatic rings. The van der Waals surface area contributed by atoms with Gasteiger partial charge < -0.3 is 9.73 Å². The van der Waals surface area contributed by atoms with Crippen molar-refractivity contribution < 1.29 is 9.21 Å². The van der Waals surface area contributed by atoms with Gasteiger partial charge in [-0.3, -0.25) is 9.79 Å². The molecule has 0 bridgehead atoms. The molecule has 1 amide bonds.